The Morgan fingerprint density at radius 2 is 2.07 bits per heavy atom. The van der Waals surface area contributed by atoms with Gasteiger partial charge in [-0.1, -0.05) is 6.07 Å². The molecule has 0 spiro atoms. The molecule has 1 saturated heterocycles. The third kappa shape index (κ3) is 3.62. The Bertz CT molecular complexity index is 1100. The Morgan fingerprint density at radius 3 is 2.90 bits per heavy atom. The van der Waals surface area contributed by atoms with Gasteiger partial charge in [-0.05, 0) is 68.7 Å². The molecule has 2 aromatic heterocycles. The number of anilines is 2. The zero-order valence-electron chi connectivity index (χ0n) is 17.3. The number of nitrogens with two attached hydrogens (primary N) is 1. The highest BCUT2D eigenvalue weighted by molar-refractivity contribution is 7.21. The molecule has 5 rings (SSSR count). The van der Waals surface area contributed by atoms with Crippen LogP contribution in [-0.2, 0) is 12.8 Å². The first-order valence-electron chi connectivity index (χ1n) is 10.8. The fourth-order valence-corrected chi connectivity index (χ4v) is 5.60. The Balaban J connectivity index is 1.29. The number of carbonyl (C=O) groups excluding carboxylic acids is 1. The van der Waals surface area contributed by atoms with Crippen molar-refractivity contribution in [3.05, 3.63) is 46.1 Å². The normalized spacial score (nSPS) is 19.0. The first kappa shape index (κ1) is 19.3. The van der Waals surface area contributed by atoms with Gasteiger partial charge in [-0.2, -0.15) is 0 Å². The molecule has 1 aromatic carbocycles. The van der Waals surface area contributed by atoms with Crippen molar-refractivity contribution in [2.45, 2.75) is 51.5 Å². The number of nitrogen functional groups attached to an aromatic ring is 1. The molecule has 3 N–H and O–H groups in total. The molecular formula is C23H27N5OS. The number of hydrogen-bond donors (Lipinski definition) is 2. The number of piperidine rings is 1. The molecule has 1 amide bonds. The van der Waals surface area contributed by atoms with Crippen molar-refractivity contribution in [2.24, 2.45) is 0 Å². The van der Waals surface area contributed by atoms with Gasteiger partial charge in [-0.3, -0.25) is 4.79 Å². The van der Waals surface area contributed by atoms with Gasteiger partial charge in [0.15, 0.2) is 0 Å². The Morgan fingerprint density at radius 1 is 1.23 bits per heavy atom. The molecule has 1 aliphatic heterocycles. The van der Waals surface area contributed by atoms with E-state index in [1.54, 1.807) is 6.20 Å². The van der Waals surface area contributed by atoms with Crippen molar-refractivity contribution in [3.8, 4) is 0 Å². The van der Waals surface area contributed by atoms with E-state index in [9.17, 15) is 4.79 Å². The Hall–Kier alpha value is -2.67. The highest BCUT2D eigenvalue weighted by atomic mass is 32.1. The van der Waals surface area contributed by atoms with Crippen LogP contribution in [0, 0.1) is 6.92 Å². The van der Waals surface area contributed by atoms with E-state index in [1.807, 2.05) is 6.92 Å². The Kier molecular flexibility index (Phi) is 5.06. The molecule has 6 nitrogen and oxygen atoms in total. The fourth-order valence-electron chi connectivity index (χ4n) is 4.60. The second kappa shape index (κ2) is 7.87. The maximum absolute atomic E-state index is 12.9. The van der Waals surface area contributed by atoms with Crippen molar-refractivity contribution >= 4 is 39.0 Å². The van der Waals surface area contributed by atoms with Gasteiger partial charge < -0.3 is 16.0 Å². The SMILES string of the molecule is Cc1cnc2c(N)c(C(=O)N[C@@H]3CCc4cc(N5CCCCC5)ccc4C3)sc2n1. The highest BCUT2D eigenvalue weighted by Crippen LogP contribution is 2.32. The number of rotatable bonds is 3. The number of hydrogen-bond acceptors (Lipinski definition) is 6. The smallest absolute Gasteiger partial charge is 0.263 e. The minimum Gasteiger partial charge on any atom is -0.396 e. The summed E-state index contributed by atoms with van der Waals surface area (Å²) >= 11 is 1.32. The summed E-state index contributed by atoms with van der Waals surface area (Å²) in [6.45, 7) is 4.22. The largest absolute Gasteiger partial charge is 0.396 e. The molecule has 1 aliphatic carbocycles. The van der Waals surface area contributed by atoms with Gasteiger partial charge in [0.05, 0.1) is 11.4 Å². The third-order valence-corrected chi connectivity index (χ3v) is 7.33. The number of benzene rings is 1. The third-order valence-electron chi connectivity index (χ3n) is 6.24. The molecule has 0 unspecified atom stereocenters. The van der Waals surface area contributed by atoms with E-state index in [0.29, 0.717) is 16.1 Å². The first-order chi connectivity index (χ1) is 14.6. The van der Waals surface area contributed by atoms with Gasteiger partial charge >= 0.3 is 0 Å². The Labute approximate surface area is 180 Å². The number of aromatic nitrogens is 2. The summed E-state index contributed by atoms with van der Waals surface area (Å²) in [6, 6.07) is 6.99. The van der Waals surface area contributed by atoms with Crippen LogP contribution in [0.1, 0.15) is 52.2 Å². The molecule has 3 heterocycles. The number of amides is 1. The molecule has 2 aliphatic rings. The predicted molar refractivity (Wildman–Crippen MR) is 122 cm³/mol. The molecule has 1 atom stereocenters. The van der Waals surface area contributed by atoms with Crippen LogP contribution < -0.4 is 16.0 Å². The molecule has 30 heavy (non-hydrogen) atoms. The lowest BCUT2D eigenvalue weighted by atomic mass is 9.87. The molecule has 0 radical (unpaired) electrons. The van der Waals surface area contributed by atoms with E-state index < -0.39 is 0 Å². The standard InChI is InChI=1S/C23H27N5OS/c1-14-13-25-20-19(24)21(30-23(20)26-14)22(29)27-17-7-5-16-12-18(8-6-15(16)11-17)28-9-3-2-4-10-28/h6,8,12-13,17H,2-5,7,9-11,24H2,1H3,(H,27,29)/t17-/m1/s1. The summed E-state index contributed by atoms with van der Waals surface area (Å²) in [5, 5.41) is 3.20. The number of nitrogens with one attached hydrogen (secondary N) is 1. The fraction of sp³-hybridized carbons (Fsp3) is 0.435. The molecule has 3 aromatic rings. The number of nitrogens with zero attached hydrogens (tertiary/aromatic N) is 3. The van der Waals surface area contributed by atoms with Gasteiger partial charge in [0.2, 0.25) is 0 Å². The van der Waals surface area contributed by atoms with Crippen molar-refractivity contribution in [3.63, 3.8) is 0 Å². The van der Waals surface area contributed by atoms with Gasteiger partial charge in [0, 0.05) is 31.0 Å². The van der Waals surface area contributed by atoms with Crippen LogP contribution in [0.5, 0.6) is 0 Å². The van der Waals surface area contributed by atoms with Crippen molar-refractivity contribution < 1.29 is 4.79 Å². The summed E-state index contributed by atoms with van der Waals surface area (Å²) < 4.78 is 0. The second-order valence-corrected chi connectivity index (χ2v) is 9.42. The zero-order chi connectivity index (χ0) is 20.7. The summed E-state index contributed by atoms with van der Waals surface area (Å²) in [7, 11) is 0. The van der Waals surface area contributed by atoms with Crippen molar-refractivity contribution in [1.29, 1.82) is 0 Å². The van der Waals surface area contributed by atoms with Gasteiger partial charge in [-0.15, -0.1) is 11.3 Å². The molecular weight excluding hydrogens is 394 g/mol. The van der Waals surface area contributed by atoms with E-state index in [-0.39, 0.29) is 11.9 Å². The van der Waals surface area contributed by atoms with Crippen molar-refractivity contribution in [2.75, 3.05) is 23.7 Å². The van der Waals surface area contributed by atoms with Crippen LogP contribution in [0.2, 0.25) is 0 Å². The lowest BCUT2D eigenvalue weighted by Crippen LogP contribution is -2.39. The lowest BCUT2D eigenvalue weighted by Gasteiger charge is -2.31. The van der Waals surface area contributed by atoms with E-state index in [1.165, 1.54) is 47.4 Å². The molecule has 0 bridgehead atoms. The van der Waals surface area contributed by atoms with Crippen LogP contribution in [0.3, 0.4) is 0 Å². The average molecular weight is 422 g/mol. The van der Waals surface area contributed by atoms with Crippen LogP contribution >= 0.6 is 11.3 Å². The van der Waals surface area contributed by atoms with Gasteiger partial charge in [0.25, 0.3) is 5.91 Å². The first-order valence-corrected chi connectivity index (χ1v) is 11.6. The number of fused-ring (bicyclic) bond motifs is 2. The van der Waals surface area contributed by atoms with E-state index in [2.05, 4.69) is 38.4 Å². The quantitative estimate of drug-likeness (QED) is 0.671. The van der Waals surface area contributed by atoms with Crippen LogP contribution in [-0.4, -0.2) is 35.0 Å². The van der Waals surface area contributed by atoms with E-state index in [4.69, 9.17) is 5.73 Å². The minimum atomic E-state index is -0.117. The molecule has 156 valence electrons. The highest BCUT2D eigenvalue weighted by Gasteiger charge is 2.25. The summed E-state index contributed by atoms with van der Waals surface area (Å²) in [5.41, 5.74) is 12.2. The average Bonchev–Trinajstić information content (AvgIpc) is 3.09. The molecule has 0 saturated carbocycles. The minimum absolute atomic E-state index is 0.117. The number of carbonyl (C=O) groups is 1. The maximum Gasteiger partial charge on any atom is 0.263 e. The molecule has 1 fully saturated rings. The van der Waals surface area contributed by atoms with E-state index >= 15 is 0 Å². The van der Waals surface area contributed by atoms with Crippen LogP contribution in [0.25, 0.3) is 10.3 Å². The van der Waals surface area contributed by atoms with Crippen LogP contribution in [0.4, 0.5) is 11.4 Å². The predicted octanol–water partition coefficient (Wildman–Crippen LogP) is 3.86. The van der Waals surface area contributed by atoms with E-state index in [0.717, 1.165) is 42.9 Å². The number of aryl methyl sites for hydroxylation is 2. The van der Waals surface area contributed by atoms with Gasteiger partial charge in [0.1, 0.15) is 15.2 Å². The zero-order valence-corrected chi connectivity index (χ0v) is 18.1. The van der Waals surface area contributed by atoms with Crippen molar-refractivity contribution in [1.82, 2.24) is 15.3 Å². The maximum atomic E-state index is 12.9. The topological polar surface area (TPSA) is 84.1 Å². The monoisotopic (exact) mass is 421 g/mol. The van der Waals surface area contributed by atoms with Crippen LogP contribution in [0.15, 0.2) is 24.4 Å². The number of thiophene rings is 1. The summed E-state index contributed by atoms with van der Waals surface area (Å²) in [6.07, 6.45) is 8.41. The molecule has 7 heteroatoms. The second-order valence-electron chi connectivity index (χ2n) is 8.42. The summed E-state index contributed by atoms with van der Waals surface area (Å²) in [5.74, 6) is -0.117. The summed E-state index contributed by atoms with van der Waals surface area (Å²) in [4.78, 5) is 25.5. The van der Waals surface area contributed by atoms with Gasteiger partial charge in [-0.25, -0.2) is 9.97 Å². The lowest BCUT2D eigenvalue weighted by molar-refractivity contribution is 0.0938.